The van der Waals surface area contributed by atoms with Crippen LogP contribution in [0.4, 0.5) is 0 Å². The van der Waals surface area contributed by atoms with E-state index in [-0.39, 0.29) is 0 Å². The first-order chi connectivity index (χ1) is 7.95. The zero-order valence-electron chi connectivity index (χ0n) is 11.0. The summed E-state index contributed by atoms with van der Waals surface area (Å²) in [7, 11) is 0. The molecule has 2 heteroatoms. The molecule has 0 N–H and O–H groups in total. The molecule has 1 aliphatic heterocycles. The molecule has 0 aromatic heterocycles. The molecular weight excluding hydrogens is 230 g/mol. The van der Waals surface area contributed by atoms with E-state index in [2.05, 4.69) is 37.8 Å². The number of likely N-dealkylation sites (tertiary alicyclic amines) is 1. The van der Waals surface area contributed by atoms with Crippen molar-refractivity contribution in [3.63, 3.8) is 0 Å². The number of benzene rings is 1. The summed E-state index contributed by atoms with van der Waals surface area (Å²) in [6, 6.07) is 8.21. The lowest BCUT2D eigenvalue weighted by Gasteiger charge is -2.27. The molecule has 0 radical (unpaired) electrons. The fourth-order valence-corrected chi connectivity index (χ4v) is 2.79. The maximum atomic E-state index is 6.01. The van der Waals surface area contributed by atoms with Gasteiger partial charge < -0.3 is 0 Å². The number of hydrogen-bond donors (Lipinski definition) is 0. The van der Waals surface area contributed by atoms with Crippen molar-refractivity contribution in [3.05, 3.63) is 34.9 Å². The van der Waals surface area contributed by atoms with Crippen LogP contribution in [0, 0.1) is 11.3 Å². The van der Waals surface area contributed by atoms with Gasteiger partial charge in [-0.2, -0.15) is 0 Å². The van der Waals surface area contributed by atoms with Crippen molar-refractivity contribution in [2.24, 2.45) is 11.3 Å². The molecule has 1 aromatic rings. The van der Waals surface area contributed by atoms with Crippen LogP contribution in [0.5, 0.6) is 0 Å². The Morgan fingerprint density at radius 2 is 2.12 bits per heavy atom. The fraction of sp³-hybridized carbons (Fsp3) is 0.600. The third-order valence-electron chi connectivity index (χ3n) is 3.79. The summed E-state index contributed by atoms with van der Waals surface area (Å²) >= 11 is 6.01. The summed E-state index contributed by atoms with van der Waals surface area (Å²) in [5.41, 5.74) is 1.76. The molecule has 1 aromatic carbocycles. The first kappa shape index (κ1) is 12.9. The Balaban J connectivity index is 1.94. The summed E-state index contributed by atoms with van der Waals surface area (Å²) in [5, 5.41) is 0.842. The standard InChI is InChI=1S/C15H22ClN/c1-15(2,3)13-7-8-17(11-13)10-12-5-4-6-14(16)9-12/h4-6,9,13H,7-8,10-11H2,1-3H3. The van der Waals surface area contributed by atoms with E-state index in [0.29, 0.717) is 5.41 Å². The number of nitrogens with zero attached hydrogens (tertiary/aromatic N) is 1. The summed E-state index contributed by atoms with van der Waals surface area (Å²) in [6.45, 7) is 10.5. The molecular formula is C15H22ClN. The Bertz CT molecular complexity index is 381. The molecule has 1 fully saturated rings. The minimum Gasteiger partial charge on any atom is -0.299 e. The molecule has 0 aliphatic carbocycles. The SMILES string of the molecule is CC(C)(C)C1CCN(Cc2cccc(Cl)c2)C1. The van der Waals surface area contributed by atoms with Crippen LogP contribution >= 0.6 is 11.6 Å². The minimum atomic E-state index is 0.434. The fourth-order valence-electron chi connectivity index (χ4n) is 2.58. The largest absolute Gasteiger partial charge is 0.299 e. The molecule has 1 saturated heterocycles. The predicted molar refractivity (Wildman–Crippen MR) is 74.3 cm³/mol. The number of hydrogen-bond acceptors (Lipinski definition) is 1. The molecule has 1 atom stereocenters. The summed E-state index contributed by atoms with van der Waals surface area (Å²) in [4.78, 5) is 2.54. The summed E-state index contributed by atoms with van der Waals surface area (Å²) in [5.74, 6) is 0.821. The van der Waals surface area contributed by atoms with Crippen molar-refractivity contribution in [2.45, 2.75) is 33.7 Å². The van der Waals surface area contributed by atoms with E-state index in [0.717, 1.165) is 17.5 Å². The first-order valence-electron chi connectivity index (χ1n) is 6.42. The van der Waals surface area contributed by atoms with Gasteiger partial charge in [-0.15, -0.1) is 0 Å². The Morgan fingerprint density at radius 3 is 2.71 bits per heavy atom. The van der Waals surface area contributed by atoms with Crippen LogP contribution in [0.15, 0.2) is 24.3 Å². The van der Waals surface area contributed by atoms with Crippen LogP contribution in [0.2, 0.25) is 5.02 Å². The summed E-state index contributed by atoms with van der Waals surface area (Å²) in [6.07, 6.45) is 1.32. The van der Waals surface area contributed by atoms with Gasteiger partial charge in [-0.25, -0.2) is 0 Å². The van der Waals surface area contributed by atoms with Crippen molar-refractivity contribution in [3.8, 4) is 0 Å². The van der Waals surface area contributed by atoms with Crippen LogP contribution in [0.3, 0.4) is 0 Å². The van der Waals surface area contributed by atoms with E-state index < -0.39 is 0 Å². The highest BCUT2D eigenvalue weighted by Crippen LogP contribution is 2.34. The molecule has 0 saturated carbocycles. The van der Waals surface area contributed by atoms with E-state index in [1.54, 1.807) is 0 Å². The number of halogens is 1. The third-order valence-corrected chi connectivity index (χ3v) is 4.03. The Morgan fingerprint density at radius 1 is 1.35 bits per heavy atom. The monoisotopic (exact) mass is 251 g/mol. The molecule has 1 heterocycles. The van der Waals surface area contributed by atoms with E-state index in [4.69, 9.17) is 11.6 Å². The summed E-state index contributed by atoms with van der Waals surface area (Å²) < 4.78 is 0. The molecule has 0 spiro atoms. The van der Waals surface area contributed by atoms with Crippen molar-refractivity contribution >= 4 is 11.6 Å². The van der Waals surface area contributed by atoms with E-state index in [1.807, 2.05) is 12.1 Å². The van der Waals surface area contributed by atoms with Gasteiger partial charge in [0.25, 0.3) is 0 Å². The second-order valence-electron chi connectivity index (χ2n) is 6.22. The van der Waals surface area contributed by atoms with Crippen molar-refractivity contribution < 1.29 is 0 Å². The molecule has 94 valence electrons. The minimum absolute atomic E-state index is 0.434. The lowest BCUT2D eigenvalue weighted by Crippen LogP contribution is -2.25. The zero-order chi connectivity index (χ0) is 12.5. The second-order valence-corrected chi connectivity index (χ2v) is 6.65. The molecule has 17 heavy (non-hydrogen) atoms. The topological polar surface area (TPSA) is 3.24 Å². The molecule has 1 aliphatic rings. The predicted octanol–water partition coefficient (Wildman–Crippen LogP) is 4.21. The maximum absolute atomic E-state index is 6.01. The van der Waals surface area contributed by atoms with Crippen LogP contribution in [0.25, 0.3) is 0 Å². The van der Waals surface area contributed by atoms with Gasteiger partial charge in [0.1, 0.15) is 0 Å². The Hall–Kier alpha value is -0.530. The van der Waals surface area contributed by atoms with Gasteiger partial charge in [-0.05, 0) is 42.0 Å². The van der Waals surface area contributed by atoms with Gasteiger partial charge >= 0.3 is 0 Å². The lowest BCUT2D eigenvalue weighted by molar-refractivity contribution is 0.226. The average Bonchev–Trinajstić information content (AvgIpc) is 2.65. The normalized spacial score (nSPS) is 22.0. The van der Waals surface area contributed by atoms with Gasteiger partial charge in [-0.1, -0.05) is 44.5 Å². The van der Waals surface area contributed by atoms with Crippen LogP contribution < -0.4 is 0 Å². The highest BCUT2D eigenvalue weighted by molar-refractivity contribution is 6.30. The van der Waals surface area contributed by atoms with Gasteiger partial charge in [0.05, 0.1) is 0 Å². The van der Waals surface area contributed by atoms with Gasteiger partial charge in [-0.3, -0.25) is 4.90 Å². The molecule has 0 amide bonds. The van der Waals surface area contributed by atoms with Crippen LogP contribution in [-0.4, -0.2) is 18.0 Å². The second kappa shape index (κ2) is 4.99. The van der Waals surface area contributed by atoms with Crippen LogP contribution in [-0.2, 0) is 6.54 Å². The molecule has 0 bridgehead atoms. The van der Waals surface area contributed by atoms with E-state index >= 15 is 0 Å². The van der Waals surface area contributed by atoms with Gasteiger partial charge in [0, 0.05) is 18.1 Å². The van der Waals surface area contributed by atoms with Crippen molar-refractivity contribution in [2.75, 3.05) is 13.1 Å². The van der Waals surface area contributed by atoms with Crippen molar-refractivity contribution in [1.82, 2.24) is 4.90 Å². The van der Waals surface area contributed by atoms with Gasteiger partial charge in [0.2, 0.25) is 0 Å². The molecule has 2 rings (SSSR count). The molecule has 1 unspecified atom stereocenters. The zero-order valence-corrected chi connectivity index (χ0v) is 11.8. The quantitative estimate of drug-likeness (QED) is 0.761. The highest BCUT2D eigenvalue weighted by atomic mass is 35.5. The van der Waals surface area contributed by atoms with Crippen molar-refractivity contribution in [1.29, 1.82) is 0 Å². The van der Waals surface area contributed by atoms with Gasteiger partial charge in [0.15, 0.2) is 0 Å². The first-order valence-corrected chi connectivity index (χ1v) is 6.80. The third kappa shape index (κ3) is 3.46. The maximum Gasteiger partial charge on any atom is 0.0409 e. The Kier molecular flexibility index (Phi) is 3.79. The Labute approximate surface area is 110 Å². The number of rotatable bonds is 2. The molecule has 1 nitrogen and oxygen atoms in total. The average molecular weight is 252 g/mol. The lowest BCUT2D eigenvalue weighted by atomic mass is 9.80. The van der Waals surface area contributed by atoms with E-state index in [9.17, 15) is 0 Å². The highest BCUT2D eigenvalue weighted by Gasteiger charge is 2.31. The van der Waals surface area contributed by atoms with E-state index in [1.165, 1.54) is 25.1 Å². The van der Waals surface area contributed by atoms with Crippen LogP contribution in [0.1, 0.15) is 32.8 Å². The smallest absolute Gasteiger partial charge is 0.0409 e.